The van der Waals surface area contributed by atoms with Crippen LogP contribution in [0.3, 0.4) is 0 Å². The lowest BCUT2D eigenvalue weighted by Crippen LogP contribution is -2.65. The highest BCUT2D eigenvalue weighted by molar-refractivity contribution is 8.21. The van der Waals surface area contributed by atoms with Gasteiger partial charge >= 0.3 is 27.3 Å². The molecular formula is C46H58F2O7S3. The number of rotatable bonds is 8. The second-order valence-corrected chi connectivity index (χ2v) is 26.0. The Morgan fingerprint density at radius 3 is 1.90 bits per heavy atom. The zero-order valence-corrected chi connectivity index (χ0v) is 37.0. The van der Waals surface area contributed by atoms with Crippen LogP contribution < -0.4 is 0 Å². The van der Waals surface area contributed by atoms with Gasteiger partial charge in [0.25, 0.3) is 0 Å². The first-order valence-corrected chi connectivity index (χ1v) is 24.7. The largest absolute Gasteiger partial charge is 0.465 e. The van der Waals surface area contributed by atoms with Crippen LogP contribution in [0.5, 0.6) is 0 Å². The third-order valence-electron chi connectivity index (χ3n) is 15.4. The highest BCUT2D eigenvalue weighted by atomic mass is 32.2. The second-order valence-electron chi connectivity index (χ2n) is 21.4. The molecule has 9 aliphatic rings. The molecule has 1 N–H and O–H groups in total. The smallest absolute Gasteiger partial charge is 0.464 e. The molecule has 1 aliphatic heterocycles. The summed E-state index contributed by atoms with van der Waals surface area (Å²) in [5, 5.41) is -5.02. The maximum Gasteiger partial charge on any atom is 0.465 e. The monoisotopic (exact) mass is 856 g/mol. The Balaban J connectivity index is 1.03. The summed E-state index contributed by atoms with van der Waals surface area (Å²) in [4.78, 5) is 27.3. The van der Waals surface area contributed by atoms with Gasteiger partial charge in [-0.15, -0.1) is 23.5 Å². The molecule has 0 aromatic heterocycles. The van der Waals surface area contributed by atoms with E-state index in [0.29, 0.717) is 37.2 Å². The zero-order chi connectivity index (χ0) is 41.4. The van der Waals surface area contributed by atoms with E-state index in [0.717, 1.165) is 60.1 Å². The summed E-state index contributed by atoms with van der Waals surface area (Å²) in [5.74, 6) is -0.00598. The van der Waals surface area contributed by atoms with Crippen molar-refractivity contribution >= 4 is 45.6 Å². The van der Waals surface area contributed by atoms with Crippen LogP contribution in [0.1, 0.15) is 128 Å². The van der Waals surface area contributed by atoms with Crippen molar-refractivity contribution in [2.75, 3.05) is 12.4 Å². The number of hydrogen-bond acceptors (Lipinski definition) is 8. The second kappa shape index (κ2) is 13.7. The molecule has 4 unspecified atom stereocenters. The topological polar surface area (TPSA) is 107 Å². The summed E-state index contributed by atoms with van der Waals surface area (Å²) >= 11 is 3.74. The zero-order valence-electron chi connectivity index (χ0n) is 34.5. The van der Waals surface area contributed by atoms with Gasteiger partial charge in [0, 0.05) is 16.9 Å². The van der Waals surface area contributed by atoms with E-state index in [1.54, 1.807) is 0 Å². The lowest BCUT2D eigenvalue weighted by molar-refractivity contribution is -0.208. The molecule has 9 fully saturated rings. The van der Waals surface area contributed by atoms with Gasteiger partial charge in [0.05, 0.1) is 9.49 Å². The van der Waals surface area contributed by atoms with Crippen LogP contribution >= 0.6 is 23.5 Å². The van der Waals surface area contributed by atoms with Gasteiger partial charge in [-0.25, -0.2) is 4.79 Å². The molecular weight excluding hydrogens is 799 g/mol. The molecule has 7 nitrogen and oxygen atoms in total. The first kappa shape index (κ1) is 41.2. The molecule has 2 aromatic carbocycles. The van der Waals surface area contributed by atoms with Crippen molar-refractivity contribution in [3.8, 4) is 11.1 Å². The summed E-state index contributed by atoms with van der Waals surface area (Å²) in [6.07, 6.45) is 8.84. The normalized spacial score (nSPS) is 37.7. The van der Waals surface area contributed by atoms with Crippen molar-refractivity contribution < 1.29 is 40.8 Å². The van der Waals surface area contributed by atoms with Gasteiger partial charge in [-0.3, -0.25) is 9.35 Å². The lowest BCUT2D eigenvalue weighted by atomic mass is 9.47. The van der Waals surface area contributed by atoms with Crippen molar-refractivity contribution in [2.45, 2.75) is 143 Å². The van der Waals surface area contributed by atoms with Gasteiger partial charge < -0.3 is 9.47 Å². The number of halogens is 2. The van der Waals surface area contributed by atoms with Crippen LogP contribution in [0.4, 0.5) is 8.78 Å². The molecule has 8 aliphatic carbocycles. The summed E-state index contributed by atoms with van der Waals surface area (Å²) < 4.78 is 75.7. The summed E-state index contributed by atoms with van der Waals surface area (Å²) in [5.41, 5.74) is 3.00. The summed E-state index contributed by atoms with van der Waals surface area (Å²) in [7, 11) is -6.08. The Labute approximate surface area is 351 Å². The first-order chi connectivity index (χ1) is 27.0. The van der Waals surface area contributed by atoms with Gasteiger partial charge in [0.2, 0.25) is 0 Å². The van der Waals surface area contributed by atoms with Gasteiger partial charge in [0.15, 0.2) is 0 Å². The van der Waals surface area contributed by atoms with E-state index in [9.17, 15) is 22.6 Å². The van der Waals surface area contributed by atoms with E-state index < -0.39 is 32.9 Å². The standard InChI is InChI=1S/C46H58F2O7S3/c1-41(2,3)31-9-7-29(8-10-31)36-12-11-32(42(4,5)6)18-37(36)38-30-16-33-22-44(38,55-40(50)46(47,48)58(51,52)53)23-34(17-30)45(33)56-25-35(57-45)24-54-39(49)43-19-26-13-27(20-43)15-28(14-26)21-43/h7-12,18,26-28,30,33-35,38H,13-17,19-25H2,1-6H3,(H,51,52,53). The summed E-state index contributed by atoms with van der Waals surface area (Å²) in [6.45, 7) is 13.2. The maximum absolute atomic E-state index is 15.2. The van der Waals surface area contributed by atoms with Gasteiger partial charge in [0.1, 0.15) is 12.2 Å². The average Bonchev–Trinajstić information content (AvgIpc) is 3.55. The number of hydrogen-bond donors (Lipinski definition) is 1. The third-order valence-corrected chi connectivity index (χ3v) is 20.4. The minimum absolute atomic E-state index is 0.00687. The van der Waals surface area contributed by atoms with E-state index in [4.69, 9.17) is 9.47 Å². The molecule has 1 saturated heterocycles. The van der Waals surface area contributed by atoms with Crippen molar-refractivity contribution in [1.82, 2.24) is 0 Å². The van der Waals surface area contributed by atoms with Crippen LogP contribution in [-0.4, -0.2) is 57.5 Å². The fourth-order valence-corrected chi connectivity index (χ4v) is 17.7. The Morgan fingerprint density at radius 2 is 1.36 bits per heavy atom. The van der Waals surface area contributed by atoms with Crippen LogP contribution in [-0.2, 0) is 40.0 Å². The van der Waals surface area contributed by atoms with Gasteiger partial charge in [-0.05, 0) is 138 Å². The van der Waals surface area contributed by atoms with Gasteiger partial charge in [-0.2, -0.15) is 17.2 Å². The predicted octanol–water partition coefficient (Wildman–Crippen LogP) is 10.5. The van der Waals surface area contributed by atoms with E-state index in [1.165, 1.54) is 24.8 Å². The molecule has 11 rings (SSSR count). The predicted molar refractivity (Wildman–Crippen MR) is 224 cm³/mol. The number of thioether (sulfide) groups is 2. The molecule has 8 bridgehead atoms. The highest BCUT2D eigenvalue weighted by Crippen LogP contribution is 2.74. The minimum Gasteiger partial charge on any atom is -0.464 e. The molecule has 1 heterocycles. The Kier molecular flexibility index (Phi) is 9.72. The fourth-order valence-electron chi connectivity index (χ4n) is 13.3. The van der Waals surface area contributed by atoms with E-state index in [2.05, 4.69) is 84.0 Å². The van der Waals surface area contributed by atoms with Crippen molar-refractivity contribution in [1.29, 1.82) is 0 Å². The molecule has 2 aromatic rings. The number of carbonyl (C=O) groups excluding carboxylic acids is 2. The molecule has 0 amide bonds. The molecule has 4 atom stereocenters. The quantitative estimate of drug-likeness (QED) is 0.205. The minimum atomic E-state index is -6.08. The highest BCUT2D eigenvalue weighted by Gasteiger charge is 2.71. The Morgan fingerprint density at radius 1 is 0.810 bits per heavy atom. The van der Waals surface area contributed by atoms with Crippen molar-refractivity contribution in [3.63, 3.8) is 0 Å². The lowest BCUT2D eigenvalue weighted by Gasteiger charge is -2.66. The number of carbonyl (C=O) groups is 2. The summed E-state index contributed by atoms with van der Waals surface area (Å²) in [6, 6.07) is 14.8. The Bertz CT molecular complexity index is 2050. The number of benzene rings is 2. The molecule has 8 saturated carbocycles. The van der Waals surface area contributed by atoms with Crippen LogP contribution in [0.2, 0.25) is 0 Å². The van der Waals surface area contributed by atoms with Gasteiger partial charge in [-0.1, -0.05) is 84.0 Å². The van der Waals surface area contributed by atoms with Crippen LogP contribution in [0.15, 0.2) is 42.5 Å². The molecule has 0 radical (unpaired) electrons. The third kappa shape index (κ3) is 6.70. The van der Waals surface area contributed by atoms with Crippen LogP contribution in [0.25, 0.3) is 11.1 Å². The van der Waals surface area contributed by atoms with Crippen LogP contribution in [0, 0.1) is 40.9 Å². The molecule has 1 spiro atoms. The van der Waals surface area contributed by atoms with E-state index in [1.807, 2.05) is 23.5 Å². The first-order valence-electron chi connectivity index (χ1n) is 21.3. The number of ether oxygens (including phenoxy) is 2. The Hall–Kier alpha value is -2.15. The number of alkyl halides is 2. The van der Waals surface area contributed by atoms with E-state index >= 15 is 8.78 Å². The van der Waals surface area contributed by atoms with Crippen molar-refractivity contribution in [2.24, 2.45) is 40.9 Å². The maximum atomic E-state index is 15.2. The molecule has 58 heavy (non-hydrogen) atoms. The fraction of sp³-hybridized carbons (Fsp3) is 0.696. The number of esters is 2. The molecule has 12 heteroatoms. The SMILES string of the molecule is CC(C)(C)c1ccc(-c2ccc(C(C)(C)C)cc2C2C3CC4CC2(OC(=O)C(F)(F)S(=O)(=O)O)CC(C3)C42SCC(COC(=O)C34CC5CC(CC(C5)C3)C4)S2)cc1. The van der Waals surface area contributed by atoms with E-state index in [-0.39, 0.29) is 49.3 Å². The van der Waals surface area contributed by atoms with Crippen molar-refractivity contribution in [3.05, 3.63) is 59.2 Å². The average molecular weight is 857 g/mol. The molecule has 316 valence electrons.